The molecule has 30 heavy (non-hydrogen) atoms. The second-order valence-corrected chi connectivity index (χ2v) is 7.52. The van der Waals surface area contributed by atoms with Crippen LogP contribution in [0.3, 0.4) is 0 Å². The van der Waals surface area contributed by atoms with Gasteiger partial charge in [-0.2, -0.15) is 0 Å². The minimum Gasteiger partial charge on any atom is -0.493 e. The van der Waals surface area contributed by atoms with E-state index in [1.165, 1.54) is 10.6 Å². The zero-order valence-electron chi connectivity index (χ0n) is 20.0. The van der Waals surface area contributed by atoms with Crippen LogP contribution < -0.4 is 14.9 Å². The lowest BCUT2D eigenvalue weighted by Gasteiger charge is -2.34. The molecule has 0 saturated heterocycles. The van der Waals surface area contributed by atoms with Crippen molar-refractivity contribution in [2.24, 2.45) is 5.92 Å². The van der Waals surface area contributed by atoms with E-state index in [-0.39, 0.29) is 41.3 Å². The minimum absolute atomic E-state index is 0.0233. The summed E-state index contributed by atoms with van der Waals surface area (Å²) in [6.07, 6.45) is 2.10. The normalized spacial score (nSPS) is 16.8. The van der Waals surface area contributed by atoms with E-state index in [9.17, 15) is 14.7 Å². The van der Waals surface area contributed by atoms with Gasteiger partial charge in [0, 0.05) is 37.9 Å². The molecule has 8 heteroatoms. The fraction of sp³-hybridized carbons (Fsp3) is 0.455. The van der Waals surface area contributed by atoms with Crippen molar-refractivity contribution >= 4 is 5.97 Å². The number of benzene rings is 1. The molecule has 0 saturated carbocycles. The highest BCUT2D eigenvalue weighted by atomic mass is 19.1. The molecule has 0 bridgehead atoms. The highest BCUT2D eigenvalue weighted by molar-refractivity contribution is 5.88. The van der Waals surface area contributed by atoms with E-state index in [1.54, 1.807) is 13.2 Å². The summed E-state index contributed by atoms with van der Waals surface area (Å²) in [6.45, 7) is 4.50. The number of fused-ring (bicyclic) bond motifs is 3. The fourth-order valence-electron chi connectivity index (χ4n) is 3.72. The number of hydrogen-bond acceptors (Lipinski definition) is 5. The second-order valence-electron chi connectivity index (χ2n) is 7.52. The van der Waals surface area contributed by atoms with Crippen LogP contribution in [0.2, 0.25) is 0 Å². The lowest BCUT2D eigenvalue weighted by molar-refractivity contribution is 0.0693. The maximum Gasteiger partial charge on any atom is 0.341 e. The maximum absolute atomic E-state index is 15.3. The van der Waals surface area contributed by atoms with Crippen molar-refractivity contribution in [3.8, 4) is 22.8 Å². The molecular weight excluding hydrogens is 393 g/mol. The van der Waals surface area contributed by atoms with Crippen molar-refractivity contribution in [1.29, 1.82) is 0 Å². The third kappa shape index (κ3) is 3.92. The summed E-state index contributed by atoms with van der Waals surface area (Å²) in [5.74, 6) is -2.70. The molecule has 0 amide bonds. The molecule has 1 aliphatic rings. The lowest BCUT2D eigenvalue weighted by Crippen LogP contribution is -2.30. The first-order valence-electron chi connectivity index (χ1n) is 11.1. The molecule has 0 radical (unpaired) electrons. The van der Waals surface area contributed by atoms with Gasteiger partial charge in [0.15, 0.2) is 17.3 Å². The molecule has 1 aromatic carbocycles. The third-order valence-corrected chi connectivity index (χ3v) is 5.25. The van der Waals surface area contributed by atoms with Gasteiger partial charge in [-0.25, -0.2) is 9.18 Å². The summed E-state index contributed by atoms with van der Waals surface area (Å²) in [6, 6.07) is 2.59. The SMILES string of the molecule is [2H]C([2H])([2H])Oc1cc2c(cc1OCCCOC)C[C@@H](C(C)C)n1cc(C(=O)O)c(=O)c(F)c1-2. The van der Waals surface area contributed by atoms with Gasteiger partial charge in [0.25, 0.3) is 0 Å². The molecule has 1 aromatic heterocycles. The molecule has 1 aliphatic heterocycles. The molecule has 1 N–H and O–H groups in total. The van der Waals surface area contributed by atoms with E-state index in [0.29, 0.717) is 25.0 Å². The Bertz CT molecular complexity index is 1110. The van der Waals surface area contributed by atoms with Crippen molar-refractivity contribution in [2.45, 2.75) is 32.7 Å². The van der Waals surface area contributed by atoms with Gasteiger partial charge in [-0.05, 0) is 30.0 Å². The van der Waals surface area contributed by atoms with Crippen LogP contribution in [-0.4, -0.2) is 43.0 Å². The molecule has 2 heterocycles. The van der Waals surface area contributed by atoms with Gasteiger partial charge >= 0.3 is 5.97 Å². The highest BCUT2D eigenvalue weighted by Gasteiger charge is 2.32. The number of rotatable bonds is 8. The number of carboxylic acid groups (broad SMARTS) is 1. The van der Waals surface area contributed by atoms with Gasteiger partial charge in [0.05, 0.1) is 23.5 Å². The Morgan fingerprint density at radius 1 is 1.37 bits per heavy atom. The summed E-state index contributed by atoms with van der Waals surface area (Å²) in [7, 11) is -1.24. The maximum atomic E-state index is 15.3. The van der Waals surface area contributed by atoms with Crippen molar-refractivity contribution in [2.75, 3.05) is 27.4 Å². The van der Waals surface area contributed by atoms with Gasteiger partial charge in [0.1, 0.15) is 5.56 Å². The number of carbonyl (C=O) groups is 1. The number of ether oxygens (including phenoxy) is 3. The van der Waals surface area contributed by atoms with Crippen molar-refractivity contribution < 1.29 is 32.6 Å². The number of carboxylic acids is 1. The van der Waals surface area contributed by atoms with Gasteiger partial charge in [-0.15, -0.1) is 0 Å². The number of hydrogen-bond donors (Lipinski definition) is 1. The highest BCUT2D eigenvalue weighted by Crippen LogP contribution is 2.43. The predicted octanol–water partition coefficient (Wildman–Crippen LogP) is 3.53. The van der Waals surface area contributed by atoms with Crippen molar-refractivity contribution in [3.63, 3.8) is 0 Å². The van der Waals surface area contributed by atoms with E-state index >= 15 is 4.39 Å². The zero-order valence-corrected chi connectivity index (χ0v) is 17.0. The first-order valence-corrected chi connectivity index (χ1v) is 9.60. The number of aromatic nitrogens is 1. The van der Waals surface area contributed by atoms with Gasteiger partial charge in [0.2, 0.25) is 5.43 Å². The number of halogens is 1. The number of aromatic carboxylic acids is 1. The van der Waals surface area contributed by atoms with E-state index in [2.05, 4.69) is 0 Å². The Balaban J connectivity index is 2.22. The molecule has 162 valence electrons. The fourth-order valence-corrected chi connectivity index (χ4v) is 3.72. The Morgan fingerprint density at radius 2 is 2.13 bits per heavy atom. The Labute approximate surface area is 178 Å². The summed E-state index contributed by atoms with van der Waals surface area (Å²) < 4.78 is 55.0. The number of nitrogens with zero attached hydrogens (tertiary/aromatic N) is 1. The topological polar surface area (TPSA) is 87.0 Å². The monoisotopic (exact) mass is 422 g/mol. The smallest absolute Gasteiger partial charge is 0.341 e. The second kappa shape index (κ2) is 8.87. The van der Waals surface area contributed by atoms with E-state index in [4.69, 9.17) is 18.3 Å². The van der Waals surface area contributed by atoms with Crippen molar-refractivity contribution in [1.82, 2.24) is 4.57 Å². The largest absolute Gasteiger partial charge is 0.493 e. The lowest BCUT2D eigenvalue weighted by atomic mass is 9.87. The number of pyridine rings is 1. The summed E-state index contributed by atoms with van der Waals surface area (Å²) in [5.41, 5.74) is -1.12. The van der Waals surface area contributed by atoms with Crippen LogP contribution in [0.25, 0.3) is 11.3 Å². The van der Waals surface area contributed by atoms with Gasteiger partial charge < -0.3 is 23.9 Å². The van der Waals surface area contributed by atoms with Crippen molar-refractivity contribution in [3.05, 3.63) is 45.5 Å². The Hall–Kier alpha value is -2.87. The molecular formula is C22H26FNO6. The van der Waals surface area contributed by atoms with Crippen LogP contribution in [0.15, 0.2) is 23.1 Å². The van der Waals surface area contributed by atoms with E-state index < -0.39 is 29.8 Å². The van der Waals surface area contributed by atoms with E-state index in [0.717, 1.165) is 6.20 Å². The summed E-state index contributed by atoms with van der Waals surface area (Å²) >= 11 is 0. The molecule has 0 aliphatic carbocycles. The Morgan fingerprint density at radius 3 is 2.77 bits per heavy atom. The van der Waals surface area contributed by atoms with Crippen LogP contribution >= 0.6 is 0 Å². The Kier molecular flexibility index (Phi) is 5.31. The first-order chi connectivity index (χ1) is 15.4. The van der Waals surface area contributed by atoms with Crippen LogP contribution in [-0.2, 0) is 11.2 Å². The predicted molar refractivity (Wildman–Crippen MR) is 109 cm³/mol. The third-order valence-electron chi connectivity index (χ3n) is 5.25. The van der Waals surface area contributed by atoms with Crippen LogP contribution in [0.1, 0.15) is 46.3 Å². The number of methoxy groups -OCH3 is 2. The molecule has 7 nitrogen and oxygen atoms in total. The van der Waals surface area contributed by atoms with Crippen LogP contribution in [0.4, 0.5) is 4.39 Å². The molecule has 3 rings (SSSR count). The molecule has 2 aromatic rings. The summed E-state index contributed by atoms with van der Waals surface area (Å²) in [5, 5.41) is 9.35. The average Bonchev–Trinajstić information content (AvgIpc) is 2.71. The first kappa shape index (κ1) is 17.9. The summed E-state index contributed by atoms with van der Waals surface area (Å²) in [4.78, 5) is 23.9. The standard InChI is InChI=1S/C22H26FNO6/c1-12(2)16-8-13-9-18(30-7-5-6-28-3)17(29-4)10-14(13)20-19(23)21(25)15(22(26)27)11-24(16)20/h9-12,16H,5-8H2,1-4H3,(H,26,27)/t16-/m0/s1/i4D3. The van der Waals surface area contributed by atoms with Gasteiger partial charge in [-0.1, -0.05) is 13.8 Å². The quantitative estimate of drug-likeness (QED) is 0.655. The molecule has 0 fully saturated rings. The van der Waals surface area contributed by atoms with Crippen LogP contribution in [0, 0.1) is 11.7 Å². The van der Waals surface area contributed by atoms with E-state index in [1.807, 2.05) is 13.8 Å². The zero-order chi connectivity index (χ0) is 24.5. The van der Waals surface area contributed by atoms with Crippen LogP contribution in [0.5, 0.6) is 11.5 Å². The minimum atomic E-state index is -2.79. The molecule has 1 atom stereocenters. The molecule has 0 spiro atoms. The van der Waals surface area contributed by atoms with Gasteiger partial charge in [-0.3, -0.25) is 4.79 Å². The molecule has 0 unspecified atom stereocenters. The average molecular weight is 422 g/mol.